The molecule has 2 aromatic carbocycles. The molecule has 0 bridgehead atoms. The van der Waals surface area contributed by atoms with Crippen molar-refractivity contribution < 1.29 is 19.1 Å². The molecule has 45 heavy (non-hydrogen) atoms. The maximum atomic E-state index is 13.8. The Morgan fingerprint density at radius 3 is 2.44 bits per heavy atom. The van der Waals surface area contributed by atoms with Gasteiger partial charge < -0.3 is 25.1 Å². The lowest BCUT2D eigenvalue weighted by atomic mass is 10.1. The fraction of sp³-hybridized carbons (Fsp3) is 0.206. The van der Waals surface area contributed by atoms with E-state index < -0.39 is 5.97 Å². The summed E-state index contributed by atoms with van der Waals surface area (Å²) in [5, 5.41) is 14.9. The van der Waals surface area contributed by atoms with Crippen LogP contribution >= 0.6 is 0 Å². The summed E-state index contributed by atoms with van der Waals surface area (Å²) in [5.41, 5.74) is 7.05. The number of rotatable bonds is 9. The third-order valence-electron chi connectivity index (χ3n) is 7.83. The average molecular weight is 605 g/mol. The lowest BCUT2D eigenvalue weighted by Crippen LogP contribution is -2.37. The van der Waals surface area contributed by atoms with Crippen molar-refractivity contribution in [1.29, 1.82) is 0 Å². The maximum Gasteiger partial charge on any atom is 0.303 e. The van der Waals surface area contributed by atoms with Gasteiger partial charge in [0, 0.05) is 66.5 Å². The Morgan fingerprint density at radius 2 is 1.73 bits per heavy atom. The Kier molecular flexibility index (Phi) is 8.15. The maximum absolute atomic E-state index is 13.8. The minimum atomic E-state index is -0.818. The highest BCUT2D eigenvalue weighted by atomic mass is 16.4. The number of anilines is 4. The third kappa shape index (κ3) is 6.47. The number of nitrogens with one attached hydrogen (secondary N) is 2. The van der Waals surface area contributed by atoms with Gasteiger partial charge in [-0.05, 0) is 79.9 Å². The van der Waals surface area contributed by atoms with Crippen molar-refractivity contribution in [3.05, 3.63) is 123 Å². The predicted molar refractivity (Wildman–Crippen MR) is 171 cm³/mol. The number of carboxylic acids is 1. The number of hydrogen-bond acceptors (Lipinski definition) is 8. The van der Waals surface area contributed by atoms with E-state index in [1.165, 1.54) is 6.26 Å². The molecular formula is C34H32N6O5. The molecule has 0 spiro atoms. The zero-order chi connectivity index (χ0) is 31.5. The number of carbonyl (C=O) groups is 2. The van der Waals surface area contributed by atoms with Gasteiger partial charge in [-0.3, -0.25) is 19.0 Å². The standard InChI is InChI=1S/C34H32N6O5/c1-21-13-17-40(27-10-8-25(9-11-27)36-32(43)31-22(2)15-18-45-31)33(44)30(21)39-16-14-28-24(20-39)19-35-34(38-28)37-26-6-3-23(4-7-26)5-12-29(41)42/h3-4,6-11,13,15,17-19H,5,12,14,16,20H2,1-2H3,(H,36,43)(H,41,42)(H,35,37,38). The molecule has 0 fully saturated rings. The Hall–Kier alpha value is -5.71. The first-order valence-corrected chi connectivity index (χ1v) is 14.6. The lowest BCUT2D eigenvalue weighted by Gasteiger charge is -2.31. The average Bonchev–Trinajstić information content (AvgIpc) is 3.47. The van der Waals surface area contributed by atoms with Crippen LogP contribution in [-0.2, 0) is 24.2 Å². The number of hydrogen-bond donors (Lipinski definition) is 3. The van der Waals surface area contributed by atoms with Crippen LogP contribution in [0.5, 0.6) is 0 Å². The van der Waals surface area contributed by atoms with E-state index in [1.54, 1.807) is 47.3 Å². The minimum Gasteiger partial charge on any atom is -0.481 e. The van der Waals surface area contributed by atoms with E-state index in [2.05, 4.69) is 20.5 Å². The second-order valence-electron chi connectivity index (χ2n) is 11.0. The van der Waals surface area contributed by atoms with Crippen LogP contribution in [0.25, 0.3) is 5.69 Å². The molecule has 3 aromatic heterocycles. The largest absolute Gasteiger partial charge is 0.481 e. The van der Waals surface area contributed by atoms with Crippen LogP contribution in [0.1, 0.15) is 44.9 Å². The third-order valence-corrected chi connectivity index (χ3v) is 7.83. The molecule has 0 saturated heterocycles. The van der Waals surface area contributed by atoms with E-state index >= 15 is 0 Å². The van der Waals surface area contributed by atoms with E-state index in [-0.39, 0.29) is 23.6 Å². The number of pyridine rings is 1. The molecule has 5 aromatic rings. The van der Waals surface area contributed by atoms with Crippen LogP contribution in [-0.4, -0.2) is 38.1 Å². The summed E-state index contributed by atoms with van der Waals surface area (Å²) in [6, 6.07) is 18.3. The molecule has 1 amide bonds. The molecule has 0 aliphatic carbocycles. The second-order valence-corrected chi connectivity index (χ2v) is 11.0. The van der Waals surface area contributed by atoms with Crippen LogP contribution in [0.4, 0.5) is 23.0 Å². The molecule has 1 aliphatic rings. The highest BCUT2D eigenvalue weighted by Gasteiger charge is 2.23. The van der Waals surface area contributed by atoms with Crippen molar-refractivity contribution >= 4 is 34.9 Å². The zero-order valence-electron chi connectivity index (χ0n) is 24.9. The van der Waals surface area contributed by atoms with Gasteiger partial charge in [-0.25, -0.2) is 9.97 Å². The van der Waals surface area contributed by atoms with Crippen LogP contribution in [0.2, 0.25) is 0 Å². The van der Waals surface area contributed by atoms with Crippen LogP contribution in [0.15, 0.2) is 88.5 Å². The number of benzene rings is 2. The summed E-state index contributed by atoms with van der Waals surface area (Å²) >= 11 is 0. The molecule has 0 radical (unpaired) electrons. The number of aliphatic carboxylic acids is 1. The Labute approximate surface area is 259 Å². The number of fused-ring (bicyclic) bond motifs is 1. The van der Waals surface area contributed by atoms with Crippen molar-refractivity contribution in [2.24, 2.45) is 0 Å². The van der Waals surface area contributed by atoms with Crippen molar-refractivity contribution in [3.8, 4) is 5.69 Å². The van der Waals surface area contributed by atoms with Crippen molar-refractivity contribution in [3.63, 3.8) is 0 Å². The van der Waals surface area contributed by atoms with Crippen molar-refractivity contribution in [2.75, 3.05) is 22.1 Å². The smallest absolute Gasteiger partial charge is 0.303 e. The van der Waals surface area contributed by atoms with E-state index in [4.69, 9.17) is 14.5 Å². The van der Waals surface area contributed by atoms with Gasteiger partial charge in [0.05, 0.1) is 12.0 Å². The number of carbonyl (C=O) groups excluding carboxylic acids is 1. The van der Waals surface area contributed by atoms with E-state index in [0.717, 1.165) is 33.6 Å². The molecule has 0 atom stereocenters. The normalized spacial score (nSPS) is 12.4. The first-order valence-electron chi connectivity index (χ1n) is 14.6. The first-order chi connectivity index (χ1) is 21.7. The summed E-state index contributed by atoms with van der Waals surface area (Å²) in [5.74, 6) is -0.402. The van der Waals surface area contributed by atoms with E-state index in [0.29, 0.717) is 48.9 Å². The van der Waals surface area contributed by atoms with Crippen molar-refractivity contribution in [1.82, 2.24) is 14.5 Å². The number of amides is 1. The van der Waals surface area contributed by atoms with Gasteiger partial charge >= 0.3 is 5.97 Å². The van der Waals surface area contributed by atoms with Gasteiger partial charge in [0.25, 0.3) is 11.5 Å². The summed E-state index contributed by atoms with van der Waals surface area (Å²) in [6.45, 7) is 4.87. The fourth-order valence-electron chi connectivity index (χ4n) is 5.40. The molecule has 11 heteroatoms. The highest BCUT2D eigenvalue weighted by molar-refractivity contribution is 6.03. The van der Waals surface area contributed by atoms with Gasteiger partial charge in [-0.1, -0.05) is 12.1 Å². The summed E-state index contributed by atoms with van der Waals surface area (Å²) in [7, 11) is 0. The molecule has 4 heterocycles. The van der Waals surface area contributed by atoms with Gasteiger partial charge in [0.15, 0.2) is 5.76 Å². The second kappa shape index (κ2) is 12.5. The van der Waals surface area contributed by atoms with E-state index in [9.17, 15) is 14.4 Å². The molecule has 6 rings (SSSR count). The highest BCUT2D eigenvalue weighted by Crippen LogP contribution is 2.26. The molecule has 0 unspecified atom stereocenters. The Balaban J connectivity index is 1.15. The number of carboxylic acid groups (broad SMARTS) is 1. The molecule has 3 N–H and O–H groups in total. The van der Waals surface area contributed by atoms with Gasteiger partial charge in [-0.15, -0.1) is 0 Å². The molecular weight excluding hydrogens is 572 g/mol. The predicted octanol–water partition coefficient (Wildman–Crippen LogP) is 5.41. The summed E-state index contributed by atoms with van der Waals surface area (Å²) in [4.78, 5) is 48.4. The van der Waals surface area contributed by atoms with Gasteiger partial charge in [0.1, 0.15) is 5.69 Å². The molecule has 228 valence electrons. The van der Waals surface area contributed by atoms with E-state index in [1.807, 2.05) is 44.2 Å². The number of nitrogens with zero attached hydrogens (tertiary/aromatic N) is 4. The zero-order valence-corrected chi connectivity index (χ0v) is 24.9. The number of aryl methyl sites for hydroxylation is 3. The summed E-state index contributed by atoms with van der Waals surface area (Å²) < 4.78 is 6.88. The fourth-order valence-corrected chi connectivity index (χ4v) is 5.40. The monoisotopic (exact) mass is 604 g/mol. The van der Waals surface area contributed by atoms with Gasteiger partial charge in [-0.2, -0.15) is 0 Å². The quantitative estimate of drug-likeness (QED) is 0.201. The van der Waals surface area contributed by atoms with Crippen LogP contribution in [0.3, 0.4) is 0 Å². The van der Waals surface area contributed by atoms with Gasteiger partial charge in [0.2, 0.25) is 5.95 Å². The summed E-state index contributed by atoms with van der Waals surface area (Å²) in [6.07, 6.45) is 6.26. The van der Waals surface area contributed by atoms with Crippen LogP contribution in [0, 0.1) is 13.8 Å². The molecule has 11 nitrogen and oxygen atoms in total. The Morgan fingerprint density at radius 1 is 0.978 bits per heavy atom. The first kappa shape index (κ1) is 29.4. The molecule has 1 aliphatic heterocycles. The van der Waals surface area contributed by atoms with Crippen molar-refractivity contribution in [2.45, 2.75) is 39.7 Å². The topological polar surface area (TPSA) is 143 Å². The van der Waals surface area contributed by atoms with Crippen LogP contribution < -0.4 is 21.1 Å². The Bertz CT molecular complexity index is 1930. The lowest BCUT2D eigenvalue weighted by molar-refractivity contribution is -0.136. The number of aromatic nitrogens is 3. The molecule has 0 saturated carbocycles. The SMILES string of the molecule is Cc1ccoc1C(=O)Nc1ccc(-n2ccc(C)c(N3CCc4nc(Nc5ccc(CCC(=O)O)cc5)ncc4C3)c2=O)cc1. The number of furan rings is 1. The minimum absolute atomic E-state index is 0.0928.